The van der Waals surface area contributed by atoms with Crippen LogP contribution in [0.2, 0.25) is 0 Å². The largest absolute Gasteiger partial charge is 0.373 e. The molecule has 11 heavy (non-hydrogen) atoms. The van der Waals surface area contributed by atoms with Crippen LogP contribution >= 0.6 is 0 Å². The Labute approximate surface area is 66.9 Å². The van der Waals surface area contributed by atoms with Gasteiger partial charge in [0.2, 0.25) is 0 Å². The van der Waals surface area contributed by atoms with E-state index in [1.807, 2.05) is 0 Å². The molecule has 4 atom stereocenters. The summed E-state index contributed by atoms with van der Waals surface area (Å²) in [6, 6.07) is 0. The van der Waals surface area contributed by atoms with Gasteiger partial charge in [-0.2, -0.15) is 0 Å². The van der Waals surface area contributed by atoms with Crippen LogP contribution in [0.1, 0.15) is 25.7 Å². The molecule has 3 aliphatic rings. The van der Waals surface area contributed by atoms with Gasteiger partial charge in [-0.15, -0.1) is 0 Å². The smallest absolute Gasteiger partial charge is 0.0844 e. The predicted molar refractivity (Wildman–Crippen MR) is 40.4 cm³/mol. The van der Waals surface area contributed by atoms with E-state index < -0.39 is 0 Å². The van der Waals surface area contributed by atoms with Crippen LogP contribution in [0.5, 0.6) is 0 Å². The Bertz CT molecular complexity index is 163. The van der Waals surface area contributed by atoms with Gasteiger partial charge in [0, 0.05) is 0 Å². The van der Waals surface area contributed by atoms with Gasteiger partial charge in [-0.25, -0.2) is 0 Å². The van der Waals surface area contributed by atoms with Crippen molar-refractivity contribution in [3.8, 4) is 0 Å². The lowest BCUT2D eigenvalue weighted by molar-refractivity contribution is 0.306. The predicted octanol–water partition coefficient (Wildman–Crippen LogP) is 1.34. The summed E-state index contributed by atoms with van der Waals surface area (Å²) in [4.78, 5) is 0. The molecule has 4 unspecified atom stereocenters. The molecule has 0 N–H and O–H groups in total. The van der Waals surface area contributed by atoms with Crippen molar-refractivity contribution in [3.05, 3.63) is 0 Å². The van der Waals surface area contributed by atoms with E-state index in [-0.39, 0.29) is 0 Å². The van der Waals surface area contributed by atoms with Crippen molar-refractivity contribution in [2.24, 2.45) is 5.92 Å². The van der Waals surface area contributed by atoms with Gasteiger partial charge in [0.25, 0.3) is 0 Å². The lowest BCUT2D eigenvalue weighted by Gasteiger charge is -2.16. The highest BCUT2D eigenvalue weighted by molar-refractivity contribution is 4.93. The third-order valence-electron chi connectivity index (χ3n) is 3.11. The molecule has 2 heteroatoms. The highest BCUT2D eigenvalue weighted by atomic mass is 16.6. The average molecular weight is 154 g/mol. The first kappa shape index (κ1) is 6.44. The first-order valence-electron chi connectivity index (χ1n) is 4.69. The molecule has 0 radical (unpaired) electrons. The normalized spacial score (nSPS) is 53.5. The SMILES string of the molecule is C1CC2OC2CC1CC1CO1. The third-order valence-corrected chi connectivity index (χ3v) is 3.11. The Morgan fingerprint density at radius 2 is 2.09 bits per heavy atom. The second-order valence-electron chi connectivity index (χ2n) is 4.08. The van der Waals surface area contributed by atoms with E-state index in [9.17, 15) is 0 Å². The summed E-state index contributed by atoms with van der Waals surface area (Å²) < 4.78 is 10.7. The molecule has 0 spiro atoms. The van der Waals surface area contributed by atoms with Gasteiger partial charge in [0.15, 0.2) is 0 Å². The van der Waals surface area contributed by atoms with E-state index in [1.165, 1.54) is 25.7 Å². The van der Waals surface area contributed by atoms with Gasteiger partial charge in [0.05, 0.1) is 24.9 Å². The van der Waals surface area contributed by atoms with E-state index in [4.69, 9.17) is 9.47 Å². The highest BCUT2D eigenvalue weighted by Gasteiger charge is 2.44. The fourth-order valence-electron chi connectivity index (χ4n) is 2.28. The summed E-state index contributed by atoms with van der Waals surface area (Å²) in [6.45, 7) is 1.02. The molecule has 1 saturated carbocycles. The molecule has 62 valence electrons. The molecule has 0 bridgehead atoms. The minimum absolute atomic E-state index is 0.621. The maximum absolute atomic E-state index is 5.47. The number of fused-ring (bicyclic) bond motifs is 1. The van der Waals surface area contributed by atoms with Crippen molar-refractivity contribution in [1.29, 1.82) is 0 Å². The van der Waals surface area contributed by atoms with Crippen LogP contribution in [-0.2, 0) is 9.47 Å². The van der Waals surface area contributed by atoms with Gasteiger partial charge in [-0.3, -0.25) is 0 Å². The number of hydrogen-bond acceptors (Lipinski definition) is 2. The lowest BCUT2D eigenvalue weighted by Crippen LogP contribution is -2.14. The maximum atomic E-state index is 5.47. The van der Waals surface area contributed by atoms with E-state index in [0.717, 1.165) is 12.5 Å². The Balaban J connectivity index is 1.52. The van der Waals surface area contributed by atoms with Crippen molar-refractivity contribution >= 4 is 0 Å². The van der Waals surface area contributed by atoms with Crippen LogP contribution < -0.4 is 0 Å². The zero-order valence-corrected chi connectivity index (χ0v) is 6.66. The molecule has 0 aromatic heterocycles. The first-order chi connectivity index (χ1) is 5.42. The highest BCUT2D eigenvalue weighted by Crippen LogP contribution is 2.41. The summed E-state index contributed by atoms with van der Waals surface area (Å²) in [5, 5.41) is 0. The molecule has 2 aliphatic heterocycles. The first-order valence-corrected chi connectivity index (χ1v) is 4.69. The summed E-state index contributed by atoms with van der Waals surface area (Å²) >= 11 is 0. The standard InChI is InChI=1S/C9H14O2/c1-2-8-9(11-8)4-6(1)3-7-5-10-7/h6-9H,1-5H2. The van der Waals surface area contributed by atoms with E-state index >= 15 is 0 Å². The van der Waals surface area contributed by atoms with E-state index in [0.29, 0.717) is 18.3 Å². The van der Waals surface area contributed by atoms with Crippen LogP contribution in [0.15, 0.2) is 0 Å². The summed E-state index contributed by atoms with van der Waals surface area (Å²) in [5.74, 6) is 0.909. The van der Waals surface area contributed by atoms with Gasteiger partial charge in [0.1, 0.15) is 0 Å². The van der Waals surface area contributed by atoms with Gasteiger partial charge < -0.3 is 9.47 Å². The molecular formula is C9H14O2. The maximum Gasteiger partial charge on any atom is 0.0844 e. The number of epoxide rings is 2. The quantitative estimate of drug-likeness (QED) is 0.561. The van der Waals surface area contributed by atoms with Crippen molar-refractivity contribution < 1.29 is 9.47 Å². The topological polar surface area (TPSA) is 25.1 Å². The zero-order valence-electron chi connectivity index (χ0n) is 6.66. The molecule has 2 heterocycles. The Hall–Kier alpha value is -0.0800. The molecule has 3 rings (SSSR count). The van der Waals surface area contributed by atoms with Gasteiger partial charge in [-0.1, -0.05) is 0 Å². The van der Waals surface area contributed by atoms with Gasteiger partial charge >= 0.3 is 0 Å². The lowest BCUT2D eigenvalue weighted by atomic mass is 9.86. The van der Waals surface area contributed by atoms with Crippen molar-refractivity contribution in [2.75, 3.05) is 6.61 Å². The van der Waals surface area contributed by atoms with Crippen LogP contribution in [0.4, 0.5) is 0 Å². The van der Waals surface area contributed by atoms with Gasteiger partial charge in [-0.05, 0) is 31.6 Å². The third kappa shape index (κ3) is 1.30. The molecule has 0 aromatic rings. The van der Waals surface area contributed by atoms with Crippen LogP contribution in [-0.4, -0.2) is 24.9 Å². The molecule has 0 amide bonds. The van der Waals surface area contributed by atoms with Crippen molar-refractivity contribution in [1.82, 2.24) is 0 Å². The van der Waals surface area contributed by atoms with Crippen LogP contribution in [0.25, 0.3) is 0 Å². The summed E-state index contributed by atoms with van der Waals surface area (Å²) in [6.07, 6.45) is 7.22. The molecule has 2 nitrogen and oxygen atoms in total. The van der Waals surface area contributed by atoms with Crippen molar-refractivity contribution in [2.45, 2.75) is 44.0 Å². The number of rotatable bonds is 2. The molecular weight excluding hydrogens is 140 g/mol. The van der Waals surface area contributed by atoms with E-state index in [1.54, 1.807) is 0 Å². The fourth-order valence-corrected chi connectivity index (χ4v) is 2.28. The Morgan fingerprint density at radius 1 is 1.18 bits per heavy atom. The second-order valence-corrected chi connectivity index (χ2v) is 4.08. The van der Waals surface area contributed by atoms with Crippen LogP contribution in [0.3, 0.4) is 0 Å². The monoisotopic (exact) mass is 154 g/mol. The minimum atomic E-state index is 0.621. The Morgan fingerprint density at radius 3 is 2.82 bits per heavy atom. The molecule has 0 aromatic carbocycles. The van der Waals surface area contributed by atoms with Crippen LogP contribution in [0, 0.1) is 5.92 Å². The zero-order chi connectivity index (χ0) is 7.26. The molecule has 1 aliphatic carbocycles. The fraction of sp³-hybridized carbons (Fsp3) is 1.00. The molecule has 2 saturated heterocycles. The average Bonchev–Trinajstić information content (AvgIpc) is 2.78. The number of hydrogen-bond donors (Lipinski definition) is 0. The second kappa shape index (κ2) is 2.20. The summed E-state index contributed by atoms with van der Waals surface area (Å²) in [5.41, 5.74) is 0. The Kier molecular flexibility index (Phi) is 1.29. The molecule has 3 fully saturated rings. The minimum Gasteiger partial charge on any atom is -0.373 e. The van der Waals surface area contributed by atoms with E-state index in [2.05, 4.69) is 0 Å². The number of ether oxygens (including phenoxy) is 2. The summed E-state index contributed by atoms with van der Waals surface area (Å²) in [7, 11) is 0. The van der Waals surface area contributed by atoms with Crippen molar-refractivity contribution in [3.63, 3.8) is 0 Å².